The zero-order valence-electron chi connectivity index (χ0n) is 48.6. The highest BCUT2D eigenvalue weighted by molar-refractivity contribution is 7.80. The summed E-state index contributed by atoms with van der Waals surface area (Å²) in [4.78, 5) is 13.0. The average molecular weight is 1100 g/mol. The first-order valence-corrected chi connectivity index (χ1v) is 32.8. The van der Waals surface area contributed by atoms with Crippen molar-refractivity contribution in [3.8, 4) is 0 Å². The number of rotatable bonds is 56. The fourth-order valence-corrected chi connectivity index (χ4v) is 10.2. The maximum Gasteiger partial charge on any atom is 0.397 e. The van der Waals surface area contributed by atoms with E-state index in [1.54, 1.807) is 0 Å². The first-order chi connectivity index (χ1) is 37.1. The van der Waals surface area contributed by atoms with Gasteiger partial charge in [-0.25, -0.2) is 4.18 Å². The predicted molar refractivity (Wildman–Crippen MR) is 313 cm³/mol. The number of hydrogen-bond acceptors (Lipinski definition) is 11. The number of esters is 1. The highest BCUT2D eigenvalue weighted by Gasteiger charge is 2.48. The van der Waals surface area contributed by atoms with Crippen LogP contribution in [0.3, 0.4) is 0 Å². The van der Waals surface area contributed by atoms with Gasteiger partial charge in [0.1, 0.15) is 30.5 Å². The number of aliphatic hydroxyl groups is 3. The zero-order chi connectivity index (χ0) is 55.3. The van der Waals surface area contributed by atoms with Gasteiger partial charge in [-0.3, -0.25) is 9.35 Å². The molecule has 1 aliphatic heterocycles. The number of hydrogen-bond donors (Lipinski definition) is 4. The lowest BCUT2D eigenvalue weighted by Crippen LogP contribution is -2.60. The Bertz CT molecular complexity index is 1500. The molecule has 0 saturated carbocycles. The third kappa shape index (κ3) is 45.9. The number of aliphatic hydroxyl groups excluding tert-OH is 3. The number of allylic oxidation sites excluding steroid dienone is 8. The molecule has 0 radical (unpaired) electrons. The molecule has 0 aromatic heterocycles. The van der Waals surface area contributed by atoms with Crippen molar-refractivity contribution in [2.75, 3.05) is 26.4 Å². The number of carbonyl (C=O) groups excluding carboxylic acids is 1. The zero-order valence-corrected chi connectivity index (χ0v) is 49.4. The van der Waals surface area contributed by atoms with Gasteiger partial charge in [0.25, 0.3) is 0 Å². The largest absolute Gasteiger partial charge is 0.457 e. The van der Waals surface area contributed by atoms with Crippen molar-refractivity contribution in [3.63, 3.8) is 0 Å². The molecule has 12 nitrogen and oxygen atoms in total. The SMILES string of the molecule is CCCCCCC/C=C\C/C=C\C/C=C\CCCCCCCCCCCOCC(COC1OC(CO)C(O)C(OS(=O)(=O)O)C1O)OC(=O)CCCCCCCCCCCCCCC/C=C\CCCCCCCCCC. The molecular weight excluding hydrogens is 981 g/mol. The smallest absolute Gasteiger partial charge is 0.397 e. The summed E-state index contributed by atoms with van der Waals surface area (Å²) >= 11 is 0. The molecule has 13 heteroatoms. The van der Waals surface area contributed by atoms with Crippen LogP contribution in [0.15, 0.2) is 48.6 Å². The van der Waals surface area contributed by atoms with Crippen LogP contribution in [0.2, 0.25) is 0 Å². The lowest BCUT2D eigenvalue weighted by Gasteiger charge is -2.41. The van der Waals surface area contributed by atoms with Crippen LogP contribution >= 0.6 is 0 Å². The fourth-order valence-electron chi connectivity index (χ4n) is 9.68. The van der Waals surface area contributed by atoms with E-state index in [1.165, 1.54) is 199 Å². The summed E-state index contributed by atoms with van der Waals surface area (Å²) in [5.41, 5.74) is 0. The molecule has 76 heavy (non-hydrogen) atoms. The first kappa shape index (κ1) is 72.1. The number of unbranched alkanes of at least 4 members (excludes halogenated alkanes) is 35. The molecule has 1 saturated heterocycles. The molecular formula is C63H116O12S. The minimum absolute atomic E-state index is 0.0332. The van der Waals surface area contributed by atoms with Gasteiger partial charge in [-0.15, -0.1) is 0 Å². The second-order valence-corrected chi connectivity index (χ2v) is 22.7. The molecule has 1 fully saturated rings. The second kappa shape index (κ2) is 53.7. The number of ether oxygens (including phenoxy) is 4. The summed E-state index contributed by atoms with van der Waals surface area (Å²) in [6.45, 7) is 4.02. The molecule has 0 aromatic carbocycles. The van der Waals surface area contributed by atoms with Crippen LogP contribution in [-0.4, -0.2) is 97.5 Å². The van der Waals surface area contributed by atoms with E-state index in [9.17, 15) is 33.1 Å². The standard InChI is InChI=1S/C63H116O12S/c1-3-5-7-9-11-13-15-17-19-21-23-25-27-29-30-32-34-36-38-40-42-44-46-48-50-52-59(65)73-57(56-72-63-61(67)62(75-76(68,69)70)60(66)58(54-64)74-63)55-71-53-51-49-47-45-43-41-39-37-35-33-31-28-26-24-22-20-18-16-14-12-10-8-6-4-2/h16,18,21-24,28,31,57-58,60-64,66-67H,3-15,17,19-20,25-27,29-30,32-56H2,1-2H3,(H,68,69,70)/b18-16-,23-21-,24-22-,31-28-. The van der Waals surface area contributed by atoms with Crippen LogP contribution in [0.1, 0.15) is 284 Å². The Hall–Kier alpha value is -1.94. The Labute approximate surface area is 466 Å². The third-order valence-electron chi connectivity index (χ3n) is 14.4. The van der Waals surface area contributed by atoms with E-state index in [2.05, 4.69) is 66.6 Å². The van der Waals surface area contributed by atoms with Crippen molar-refractivity contribution >= 4 is 16.4 Å². The highest BCUT2D eigenvalue weighted by Crippen LogP contribution is 2.26. The lowest BCUT2D eigenvalue weighted by atomic mass is 9.99. The van der Waals surface area contributed by atoms with E-state index < -0.39 is 59.8 Å². The van der Waals surface area contributed by atoms with Gasteiger partial charge in [-0.05, 0) is 77.0 Å². The summed E-state index contributed by atoms with van der Waals surface area (Å²) in [5.74, 6) is -0.397. The minimum Gasteiger partial charge on any atom is -0.457 e. The molecule has 1 aliphatic rings. The van der Waals surface area contributed by atoms with E-state index in [-0.39, 0.29) is 19.6 Å². The molecule has 0 aromatic rings. The van der Waals surface area contributed by atoms with Crippen molar-refractivity contribution in [2.45, 2.75) is 320 Å². The summed E-state index contributed by atoms with van der Waals surface area (Å²) in [6.07, 6.45) is 60.1. The second-order valence-electron chi connectivity index (χ2n) is 21.6. The van der Waals surface area contributed by atoms with Gasteiger partial charge < -0.3 is 34.3 Å². The monoisotopic (exact) mass is 1100 g/mol. The summed E-state index contributed by atoms with van der Waals surface area (Å²) in [6, 6.07) is 0. The van der Waals surface area contributed by atoms with E-state index in [4.69, 9.17) is 18.9 Å². The van der Waals surface area contributed by atoms with Gasteiger partial charge >= 0.3 is 16.4 Å². The molecule has 0 amide bonds. The molecule has 0 spiro atoms. The maximum atomic E-state index is 13.0. The fraction of sp³-hybridized carbons (Fsp3) is 0.857. The molecule has 6 atom stereocenters. The van der Waals surface area contributed by atoms with Crippen LogP contribution in [0.5, 0.6) is 0 Å². The Kier molecular flexibility index (Phi) is 50.9. The van der Waals surface area contributed by atoms with Gasteiger partial charge in [-0.1, -0.05) is 249 Å². The molecule has 0 aliphatic carbocycles. The molecule has 6 unspecified atom stereocenters. The van der Waals surface area contributed by atoms with Crippen molar-refractivity contribution in [3.05, 3.63) is 48.6 Å². The Morgan fingerprint density at radius 3 is 1.28 bits per heavy atom. The van der Waals surface area contributed by atoms with Crippen molar-refractivity contribution in [1.82, 2.24) is 0 Å². The van der Waals surface area contributed by atoms with Crippen molar-refractivity contribution in [1.29, 1.82) is 0 Å². The van der Waals surface area contributed by atoms with Crippen LogP contribution in [-0.2, 0) is 38.3 Å². The molecule has 0 bridgehead atoms. The lowest BCUT2D eigenvalue weighted by molar-refractivity contribution is -0.301. The molecule has 1 rings (SSSR count). The summed E-state index contributed by atoms with van der Waals surface area (Å²) < 4.78 is 59.5. The van der Waals surface area contributed by atoms with Crippen LogP contribution in [0, 0.1) is 0 Å². The first-order valence-electron chi connectivity index (χ1n) is 31.4. The van der Waals surface area contributed by atoms with Gasteiger partial charge in [0.15, 0.2) is 6.29 Å². The van der Waals surface area contributed by atoms with E-state index in [0.717, 1.165) is 57.8 Å². The Morgan fingerprint density at radius 2 is 0.868 bits per heavy atom. The number of carbonyl (C=O) groups is 1. The molecule has 446 valence electrons. The van der Waals surface area contributed by atoms with E-state index >= 15 is 0 Å². The van der Waals surface area contributed by atoms with Crippen LogP contribution < -0.4 is 0 Å². The van der Waals surface area contributed by atoms with Crippen LogP contribution in [0.4, 0.5) is 0 Å². The third-order valence-corrected chi connectivity index (χ3v) is 14.9. The molecule has 4 N–H and O–H groups in total. The summed E-state index contributed by atoms with van der Waals surface area (Å²) in [7, 11) is -5.07. The van der Waals surface area contributed by atoms with E-state index in [1.807, 2.05) is 0 Å². The maximum absolute atomic E-state index is 13.0. The van der Waals surface area contributed by atoms with Gasteiger partial charge in [0, 0.05) is 13.0 Å². The average Bonchev–Trinajstić information content (AvgIpc) is 3.40. The quantitative estimate of drug-likeness (QED) is 0.0196. The van der Waals surface area contributed by atoms with Crippen molar-refractivity contribution in [2.24, 2.45) is 0 Å². The normalized spacial score (nSPS) is 18.8. The summed E-state index contributed by atoms with van der Waals surface area (Å²) in [5, 5.41) is 30.9. The van der Waals surface area contributed by atoms with E-state index in [0.29, 0.717) is 13.0 Å². The predicted octanol–water partition coefficient (Wildman–Crippen LogP) is 16.2. The Balaban J connectivity index is 2.26. The topological polar surface area (TPSA) is 178 Å². The van der Waals surface area contributed by atoms with Gasteiger partial charge in [0.05, 0.1) is 19.8 Å². The minimum atomic E-state index is -5.07. The van der Waals surface area contributed by atoms with Crippen LogP contribution in [0.25, 0.3) is 0 Å². The van der Waals surface area contributed by atoms with Gasteiger partial charge in [0.2, 0.25) is 0 Å². The van der Waals surface area contributed by atoms with Crippen molar-refractivity contribution < 1.29 is 56.2 Å². The van der Waals surface area contributed by atoms with Gasteiger partial charge in [-0.2, -0.15) is 8.42 Å². The highest BCUT2D eigenvalue weighted by atomic mass is 32.3. The Morgan fingerprint density at radius 1 is 0.500 bits per heavy atom. The molecule has 1 heterocycles.